The number of nitrogens with zero attached hydrogens (tertiary/aromatic N) is 1. The van der Waals surface area contributed by atoms with Gasteiger partial charge in [0.15, 0.2) is 0 Å². The molecule has 0 aliphatic carbocycles. The van der Waals surface area contributed by atoms with E-state index in [0.717, 1.165) is 21.7 Å². The van der Waals surface area contributed by atoms with Gasteiger partial charge in [0.05, 0.1) is 11.9 Å². The van der Waals surface area contributed by atoms with Crippen LogP contribution in [0.3, 0.4) is 0 Å². The van der Waals surface area contributed by atoms with Gasteiger partial charge in [-0.3, -0.25) is 13.9 Å². The molecule has 0 aromatic heterocycles. The van der Waals surface area contributed by atoms with E-state index >= 15 is 0 Å². The molecule has 2 amide bonds. The van der Waals surface area contributed by atoms with Crippen molar-refractivity contribution < 1.29 is 18.0 Å². The van der Waals surface area contributed by atoms with E-state index in [4.69, 9.17) is 0 Å². The Morgan fingerprint density at radius 1 is 0.857 bits per heavy atom. The maximum absolute atomic E-state index is 12.7. The molecule has 7 nitrogen and oxygen atoms in total. The van der Waals surface area contributed by atoms with Gasteiger partial charge in [0.1, 0.15) is 6.54 Å². The van der Waals surface area contributed by atoms with Crippen molar-refractivity contribution >= 4 is 38.9 Å². The maximum Gasteiger partial charge on any atom is 0.255 e. The third-order valence-corrected chi connectivity index (χ3v) is 6.54. The number of carbonyl (C=O) groups excluding carboxylic acids is 2. The molecule has 0 saturated carbocycles. The predicted molar refractivity (Wildman–Crippen MR) is 142 cm³/mol. The number of hydrogen-bond donors (Lipinski definition) is 2. The highest BCUT2D eigenvalue weighted by Gasteiger charge is 2.21. The molecule has 0 aliphatic rings. The lowest BCUT2D eigenvalue weighted by molar-refractivity contribution is -0.114. The second-order valence-electron chi connectivity index (χ2n) is 9.52. The summed E-state index contributed by atoms with van der Waals surface area (Å²) in [6.07, 6.45) is 1.06. The molecule has 2 N–H and O–H groups in total. The number of benzene rings is 3. The van der Waals surface area contributed by atoms with Gasteiger partial charge in [0, 0.05) is 16.9 Å². The van der Waals surface area contributed by atoms with Gasteiger partial charge in [-0.25, -0.2) is 8.42 Å². The van der Waals surface area contributed by atoms with Crippen molar-refractivity contribution in [3.8, 4) is 0 Å². The molecule has 3 aromatic rings. The van der Waals surface area contributed by atoms with Crippen LogP contribution in [0, 0.1) is 6.92 Å². The Bertz CT molecular complexity index is 1330. The van der Waals surface area contributed by atoms with Crippen LogP contribution in [0.2, 0.25) is 0 Å². The van der Waals surface area contributed by atoms with Crippen LogP contribution in [-0.2, 0) is 20.2 Å². The predicted octanol–water partition coefficient (Wildman–Crippen LogP) is 4.95. The van der Waals surface area contributed by atoms with Gasteiger partial charge >= 0.3 is 0 Å². The lowest BCUT2D eigenvalue weighted by Crippen LogP contribution is -2.37. The second kappa shape index (κ2) is 10.3. The zero-order valence-corrected chi connectivity index (χ0v) is 21.4. The van der Waals surface area contributed by atoms with E-state index in [-0.39, 0.29) is 17.9 Å². The topological polar surface area (TPSA) is 95.6 Å². The quantitative estimate of drug-likeness (QED) is 0.487. The summed E-state index contributed by atoms with van der Waals surface area (Å²) in [7, 11) is -3.67. The number of nitrogens with one attached hydrogen (secondary N) is 2. The Kier molecular flexibility index (Phi) is 7.65. The molecule has 3 aromatic carbocycles. The molecule has 0 heterocycles. The minimum absolute atomic E-state index is 0.00638. The first-order valence-corrected chi connectivity index (χ1v) is 13.0. The highest BCUT2D eigenvalue weighted by atomic mass is 32.2. The van der Waals surface area contributed by atoms with E-state index in [9.17, 15) is 18.0 Å². The lowest BCUT2D eigenvalue weighted by Gasteiger charge is -2.22. The van der Waals surface area contributed by atoms with Gasteiger partial charge in [-0.05, 0) is 65.9 Å². The van der Waals surface area contributed by atoms with E-state index in [1.807, 2.05) is 25.1 Å². The number of anilines is 3. The smallest absolute Gasteiger partial charge is 0.255 e. The maximum atomic E-state index is 12.7. The van der Waals surface area contributed by atoms with Gasteiger partial charge in [0.2, 0.25) is 15.9 Å². The molecule has 0 spiro atoms. The molecule has 0 fully saturated rings. The lowest BCUT2D eigenvalue weighted by atomic mass is 9.87. The number of hydrogen-bond acceptors (Lipinski definition) is 4. The zero-order valence-electron chi connectivity index (χ0n) is 20.6. The van der Waals surface area contributed by atoms with Crippen LogP contribution < -0.4 is 14.9 Å². The molecule has 0 bridgehead atoms. The molecule has 0 unspecified atom stereocenters. The molecule has 35 heavy (non-hydrogen) atoms. The molecule has 0 atom stereocenters. The summed E-state index contributed by atoms with van der Waals surface area (Å²) >= 11 is 0. The van der Waals surface area contributed by atoms with E-state index in [2.05, 4.69) is 31.4 Å². The summed E-state index contributed by atoms with van der Waals surface area (Å²) in [6.45, 7) is 7.80. The molecule has 0 aliphatic heterocycles. The molecule has 184 valence electrons. The van der Waals surface area contributed by atoms with Crippen LogP contribution >= 0.6 is 0 Å². The molecule has 3 rings (SSSR count). The number of sulfonamides is 1. The summed E-state index contributed by atoms with van der Waals surface area (Å²) in [4.78, 5) is 25.4. The van der Waals surface area contributed by atoms with Crippen molar-refractivity contribution in [3.63, 3.8) is 0 Å². The number of carbonyl (C=O) groups is 2. The average molecular weight is 494 g/mol. The van der Waals surface area contributed by atoms with E-state index in [1.54, 1.807) is 54.6 Å². The SMILES string of the molecule is Cc1cccc(N(CC(=O)Nc2cccc(NC(=O)c3ccc(C(C)(C)C)cc3)c2)S(C)(=O)=O)c1. The van der Waals surface area contributed by atoms with Crippen molar-refractivity contribution in [2.45, 2.75) is 33.1 Å². The largest absolute Gasteiger partial charge is 0.324 e. The van der Waals surface area contributed by atoms with Gasteiger partial charge in [-0.15, -0.1) is 0 Å². The van der Waals surface area contributed by atoms with E-state index < -0.39 is 15.9 Å². The minimum atomic E-state index is -3.67. The van der Waals surface area contributed by atoms with Gasteiger partial charge < -0.3 is 10.6 Å². The summed E-state index contributed by atoms with van der Waals surface area (Å²) < 4.78 is 25.7. The summed E-state index contributed by atoms with van der Waals surface area (Å²) in [6, 6.07) is 21.1. The van der Waals surface area contributed by atoms with Crippen molar-refractivity contribution in [1.29, 1.82) is 0 Å². The van der Waals surface area contributed by atoms with Crippen LogP contribution in [0.25, 0.3) is 0 Å². The highest BCUT2D eigenvalue weighted by Crippen LogP contribution is 2.23. The number of rotatable bonds is 7. The van der Waals surface area contributed by atoms with Crippen molar-refractivity contribution in [2.24, 2.45) is 0 Å². The molecule has 0 radical (unpaired) electrons. The standard InChI is InChI=1S/C27H31N3O4S/c1-19-8-6-11-24(16-19)30(35(5,33)34)18-25(31)28-22-9-7-10-23(17-22)29-26(32)20-12-14-21(15-13-20)27(2,3)4/h6-17H,18H2,1-5H3,(H,28,31)(H,29,32). The highest BCUT2D eigenvalue weighted by molar-refractivity contribution is 7.92. The third kappa shape index (κ3) is 7.16. The van der Waals surface area contributed by atoms with Gasteiger partial charge in [0.25, 0.3) is 5.91 Å². The third-order valence-electron chi connectivity index (χ3n) is 5.39. The fourth-order valence-corrected chi connectivity index (χ4v) is 4.36. The van der Waals surface area contributed by atoms with E-state index in [0.29, 0.717) is 22.6 Å². The van der Waals surface area contributed by atoms with E-state index in [1.165, 1.54) is 0 Å². The van der Waals surface area contributed by atoms with Crippen LogP contribution in [0.15, 0.2) is 72.8 Å². The normalized spacial score (nSPS) is 11.6. The Balaban J connectivity index is 1.69. The number of amides is 2. The van der Waals surface area contributed by atoms with Gasteiger partial charge in [-0.1, -0.05) is 51.1 Å². The Morgan fingerprint density at radius 3 is 2.03 bits per heavy atom. The fourth-order valence-electron chi connectivity index (χ4n) is 3.51. The van der Waals surface area contributed by atoms with Crippen LogP contribution in [0.4, 0.5) is 17.1 Å². The Hall–Kier alpha value is -3.65. The van der Waals surface area contributed by atoms with Crippen LogP contribution in [0.1, 0.15) is 42.3 Å². The molecular weight excluding hydrogens is 462 g/mol. The summed E-state index contributed by atoms with van der Waals surface area (Å²) in [5.41, 5.74) is 3.89. The van der Waals surface area contributed by atoms with Crippen LogP contribution in [-0.4, -0.2) is 33.0 Å². The first-order chi connectivity index (χ1) is 16.3. The van der Waals surface area contributed by atoms with Crippen molar-refractivity contribution in [1.82, 2.24) is 0 Å². The number of aryl methyl sites for hydroxylation is 1. The van der Waals surface area contributed by atoms with Gasteiger partial charge in [-0.2, -0.15) is 0 Å². The first-order valence-electron chi connectivity index (χ1n) is 11.2. The zero-order chi connectivity index (χ0) is 25.8. The first kappa shape index (κ1) is 26.0. The fraction of sp³-hybridized carbons (Fsp3) is 0.259. The molecule has 8 heteroatoms. The minimum Gasteiger partial charge on any atom is -0.324 e. The van der Waals surface area contributed by atoms with Crippen LogP contribution in [0.5, 0.6) is 0 Å². The van der Waals surface area contributed by atoms with Crippen molar-refractivity contribution in [3.05, 3.63) is 89.5 Å². The second-order valence-corrected chi connectivity index (χ2v) is 11.4. The molecular formula is C27H31N3O4S. The monoisotopic (exact) mass is 493 g/mol. The summed E-state index contributed by atoms with van der Waals surface area (Å²) in [5.74, 6) is -0.769. The summed E-state index contributed by atoms with van der Waals surface area (Å²) in [5, 5.41) is 5.54. The Morgan fingerprint density at radius 2 is 1.46 bits per heavy atom. The Labute approximate surface area is 207 Å². The average Bonchev–Trinajstić information content (AvgIpc) is 2.76. The van der Waals surface area contributed by atoms with Crippen molar-refractivity contribution in [2.75, 3.05) is 27.7 Å². The molecule has 0 saturated heterocycles.